The number of ether oxygens (including phenoxy) is 1. The van der Waals surface area contributed by atoms with E-state index in [0.717, 1.165) is 42.3 Å². The van der Waals surface area contributed by atoms with Gasteiger partial charge >= 0.3 is 0 Å². The number of piperidine rings is 2. The SMILES string of the molecule is O=C(Cc1cccc2ccccc12)NC(OC[C@@H]1CCCN2CCCC[C@H]12)C(Cl)(Cl)Cl. The standard InChI is InChI=1S/C24H29Cl3N2O2/c25-24(26,27)23(31-16-19-10-6-14-29-13-4-3-12-21(19)29)28-22(30)15-18-9-5-8-17-7-1-2-11-20(17)18/h1-2,5,7-9,11,19,21,23H,3-4,6,10,12-16H2,(H,28,30)/t19-,21+,23?/m0/s1. The summed E-state index contributed by atoms with van der Waals surface area (Å²) >= 11 is 18.5. The smallest absolute Gasteiger partial charge is 0.234 e. The topological polar surface area (TPSA) is 41.6 Å². The van der Waals surface area contributed by atoms with Crippen molar-refractivity contribution in [3.8, 4) is 0 Å². The summed E-state index contributed by atoms with van der Waals surface area (Å²) in [7, 11) is 0. The van der Waals surface area contributed by atoms with Gasteiger partial charge in [-0.1, -0.05) is 83.7 Å². The molecule has 0 aromatic heterocycles. The second-order valence-electron chi connectivity index (χ2n) is 8.64. The Labute approximate surface area is 199 Å². The number of hydrogen-bond acceptors (Lipinski definition) is 3. The molecule has 4 rings (SSSR count). The first-order valence-corrected chi connectivity index (χ1v) is 12.2. The number of carbonyl (C=O) groups is 1. The van der Waals surface area contributed by atoms with Crippen molar-refractivity contribution >= 4 is 51.5 Å². The summed E-state index contributed by atoms with van der Waals surface area (Å²) in [6.45, 7) is 2.81. The van der Waals surface area contributed by atoms with Gasteiger partial charge in [-0.2, -0.15) is 0 Å². The molecule has 1 N–H and O–H groups in total. The molecule has 0 aliphatic carbocycles. The molecule has 0 saturated carbocycles. The molecule has 2 aliphatic rings. The Hall–Kier alpha value is -1.04. The van der Waals surface area contributed by atoms with Gasteiger partial charge in [-0.3, -0.25) is 4.79 Å². The van der Waals surface area contributed by atoms with E-state index >= 15 is 0 Å². The van der Waals surface area contributed by atoms with Crippen LogP contribution in [0.3, 0.4) is 0 Å². The molecule has 3 atom stereocenters. The molecular formula is C24H29Cl3N2O2. The van der Waals surface area contributed by atoms with Crippen molar-refractivity contribution in [1.82, 2.24) is 10.2 Å². The highest BCUT2D eigenvalue weighted by molar-refractivity contribution is 6.68. The van der Waals surface area contributed by atoms with Crippen LogP contribution in [0.15, 0.2) is 42.5 Å². The van der Waals surface area contributed by atoms with Gasteiger partial charge in [0.1, 0.15) is 0 Å². The van der Waals surface area contributed by atoms with Crippen molar-refractivity contribution in [2.24, 2.45) is 5.92 Å². The van der Waals surface area contributed by atoms with Gasteiger partial charge in [0.05, 0.1) is 13.0 Å². The number of nitrogens with one attached hydrogen (secondary N) is 1. The highest BCUT2D eigenvalue weighted by Crippen LogP contribution is 2.34. The fraction of sp³-hybridized carbons (Fsp3) is 0.542. The third kappa shape index (κ3) is 5.85. The Bertz CT molecular complexity index is 895. The first kappa shape index (κ1) is 23.1. The Morgan fingerprint density at radius 1 is 1.06 bits per heavy atom. The fourth-order valence-corrected chi connectivity index (χ4v) is 5.38. The predicted octanol–water partition coefficient (Wildman–Crippen LogP) is 5.48. The van der Waals surface area contributed by atoms with Crippen LogP contribution >= 0.6 is 34.8 Å². The molecular weight excluding hydrogens is 455 g/mol. The van der Waals surface area contributed by atoms with E-state index in [1.54, 1.807) is 0 Å². The molecule has 2 aromatic rings. The van der Waals surface area contributed by atoms with Gasteiger partial charge in [-0.25, -0.2) is 0 Å². The number of amides is 1. The van der Waals surface area contributed by atoms with Crippen LogP contribution in [0.1, 0.15) is 37.7 Å². The molecule has 7 heteroatoms. The van der Waals surface area contributed by atoms with Gasteiger partial charge in [0, 0.05) is 6.04 Å². The first-order chi connectivity index (χ1) is 14.9. The lowest BCUT2D eigenvalue weighted by Gasteiger charge is -2.44. The molecule has 2 fully saturated rings. The maximum absolute atomic E-state index is 12.8. The molecule has 1 amide bonds. The van der Waals surface area contributed by atoms with Crippen LogP contribution in [0.4, 0.5) is 0 Å². The van der Waals surface area contributed by atoms with Gasteiger partial charge in [0.25, 0.3) is 0 Å². The lowest BCUT2D eigenvalue weighted by molar-refractivity contribution is -0.125. The molecule has 31 heavy (non-hydrogen) atoms. The van der Waals surface area contributed by atoms with Crippen molar-refractivity contribution in [2.75, 3.05) is 19.7 Å². The van der Waals surface area contributed by atoms with Gasteiger partial charge in [0.15, 0.2) is 6.23 Å². The Balaban J connectivity index is 1.39. The van der Waals surface area contributed by atoms with Crippen LogP contribution < -0.4 is 5.32 Å². The lowest BCUT2D eigenvalue weighted by Crippen LogP contribution is -2.51. The summed E-state index contributed by atoms with van der Waals surface area (Å²) < 4.78 is 4.30. The van der Waals surface area contributed by atoms with Crippen LogP contribution in [-0.2, 0) is 16.0 Å². The summed E-state index contributed by atoms with van der Waals surface area (Å²) in [6.07, 6.45) is 5.20. The summed E-state index contributed by atoms with van der Waals surface area (Å²) in [4.78, 5) is 15.4. The van der Waals surface area contributed by atoms with E-state index in [4.69, 9.17) is 39.5 Å². The zero-order chi connectivity index (χ0) is 21.8. The Morgan fingerprint density at radius 3 is 2.68 bits per heavy atom. The number of alkyl halides is 3. The number of carbonyl (C=O) groups excluding carboxylic acids is 1. The molecule has 0 bridgehead atoms. The summed E-state index contributed by atoms with van der Waals surface area (Å²) in [6, 6.07) is 14.5. The van der Waals surface area contributed by atoms with Gasteiger partial charge in [-0.05, 0) is 61.0 Å². The molecule has 2 heterocycles. The summed E-state index contributed by atoms with van der Waals surface area (Å²) in [5.74, 6) is 0.175. The number of fused-ring (bicyclic) bond motifs is 2. The van der Waals surface area contributed by atoms with Gasteiger partial charge in [0.2, 0.25) is 9.70 Å². The molecule has 2 aliphatic heterocycles. The molecule has 1 unspecified atom stereocenters. The van der Waals surface area contributed by atoms with E-state index in [9.17, 15) is 4.79 Å². The minimum atomic E-state index is -1.74. The van der Waals surface area contributed by atoms with E-state index in [1.807, 2.05) is 42.5 Å². The predicted molar refractivity (Wildman–Crippen MR) is 128 cm³/mol. The second kappa shape index (κ2) is 10.3. The van der Waals surface area contributed by atoms with Crippen molar-refractivity contribution in [3.63, 3.8) is 0 Å². The average Bonchev–Trinajstić information content (AvgIpc) is 2.76. The van der Waals surface area contributed by atoms with Crippen molar-refractivity contribution in [3.05, 3.63) is 48.0 Å². The maximum Gasteiger partial charge on any atom is 0.234 e. The largest absolute Gasteiger partial charge is 0.354 e. The fourth-order valence-electron chi connectivity index (χ4n) is 5.03. The first-order valence-electron chi connectivity index (χ1n) is 11.1. The zero-order valence-electron chi connectivity index (χ0n) is 17.5. The number of benzene rings is 2. The molecule has 0 radical (unpaired) electrons. The van der Waals surface area contributed by atoms with Gasteiger partial charge in [-0.15, -0.1) is 0 Å². The van der Waals surface area contributed by atoms with E-state index in [-0.39, 0.29) is 12.3 Å². The van der Waals surface area contributed by atoms with E-state index < -0.39 is 10.0 Å². The normalized spacial score (nSPS) is 23.3. The average molecular weight is 484 g/mol. The number of hydrogen-bond donors (Lipinski definition) is 1. The minimum Gasteiger partial charge on any atom is -0.354 e. The number of nitrogens with zero attached hydrogens (tertiary/aromatic N) is 1. The van der Waals surface area contributed by atoms with E-state index in [1.165, 1.54) is 19.3 Å². The number of rotatable bonds is 6. The molecule has 168 valence electrons. The van der Waals surface area contributed by atoms with Gasteiger partial charge < -0.3 is 15.0 Å². The third-order valence-corrected chi connectivity index (χ3v) is 7.12. The highest BCUT2D eigenvalue weighted by Gasteiger charge is 2.38. The lowest BCUT2D eigenvalue weighted by atomic mass is 9.84. The van der Waals surface area contributed by atoms with Crippen LogP contribution in [0.2, 0.25) is 0 Å². The molecule has 4 nitrogen and oxygen atoms in total. The Morgan fingerprint density at radius 2 is 1.84 bits per heavy atom. The highest BCUT2D eigenvalue weighted by atomic mass is 35.6. The summed E-state index contributed by atoms with van der Waals surface area (Å²) in [5, 5.41) is 4.95. The van der Waals surface area contributed by atoms with Crippen LogP contribution in [0.5, 0.6) is 0 Å². The quantitative estimate of drug-likeness (QED) is 0.437. The number of halogens is 3. The van der Waals surface area contributed by atoms with Crippen molar-refractivity contribution in [2.45, 2.75) is 54.6 Å². The van der Waals surface area contributed by atoms with Crippen LogP contribution in [-0.4, -0.2) is 46.6 Å². The second-order valence-corrected chi connectivity index (χ2v) is 11.0. The monoisotopic (exact) mass is 482 g/mol. The van der Waals surface area contributed by atoms with E-state index in [0.29, 0.717) is 18.6 Å². The minimum absolute atomic E-state index is 0.196. The van der Waals surface area contributed by atoms with E-state index in [2.05, 4.69) is 10.2 Å². The molecule has 2 saturated heterocycles. The van der Waals surface area contributed by atoms with Crippen LogP contribution in [0.25, 0.3) is 10.8 Å². The molecule has 0 spiro atoms. The summed E-state index contributed by atoms with van der Waals surface area (Å²) in [5.41, 5.74) is 0.934. The third-order valence-electron chi connectivity index (χ3n) is 6.53. The maximum atomic E-state index is 12.8. The Kier molecular flexibility index (Phi) is 7.66. The molecule has 2 aromatic carbocycles. The van der Waals surface area contributed by atoms with Crippen molar-refractivity contribution in [1.29, 1.82) is 0 Å². The van der Waals surface area contributed by atoms with Crippen molar-refractivity contribution < 1.29 is 9.53 Å². The zero-order valence-corrected chi connectivity index (χ0v) is 19.8. The van der Waals surface area contributed by atoms with Crippen LogP contribution in [0, 0.1) is 5.92 Å².